The topological polar surface area (TPSA) is 0 Å². The first-order valence-electron chi connectivity index (χ1n) is 6.22. The second kappa shape index (κ2) is 5.67. The number of rotatable bonds is 4. The molecule has 2 unspecified atom stereocenters. The van der Waals surface area contributed by atoms with E-state index >= 15 is 0 Å². The summed E-state index contributed by atoms with van der Waals surface area (Å²) in [5.41, 5.74) is 2.77. The van der Waals surface area contributed by atoms with E-state index in [1.807, 2.05) is 0 Å². The predicted octanol–water partition coefficient (Wildman–Crippen LogP) is 4.80. The Morgan fingerprint density at radius 1 is 0.647 bits per heavy atom. The van der Waals surface area contributed by atoms with Gasteiger partial charge in [0.05, 0.1) is 0 Å². The van der Waals surface area contributed by atoms with Crippen LogP contribution in [0.4, 0.5) is 0 Å². The minimum absolute atomic E-state index is 0.492. The molecule has 1 radical (unpaired) electrons. The van der Waals surface area contributed by atoms with Crippen LogP contribution in [0.5, 0.6) is 0 Å². The highest BCUT2D eigenvalue weighted by Gasteiger charge is 2.12. The molecule has 2 atom stereocenters. The summed E-state index contributed by atoms with van der Waals surface area (Å²) < 4.78 is 0. The zero-order chi connectivity index (χ0) is 12.1. The van der Waals surface area contributed by atoms with Crippen molar-refractivity contribution in [3.8, 4) is 0 Å². The number of benzene rings is 2. The Morgan fingerprint density at radius 2 is 1.00 bits per heavy atom. The van der Waals surface area contributed by atoms with Gasteiger partial charge in [0.25, 0.3) is 0 Å². The van der Waals surface area contributed by atoms with Crippen molar-refractivity contribution in [2.45, 2.75) is 25.7 Å². The van der Waals surface area contributed by atoms with Gasteiger partial charge in [0.1, 0.15) is 0 Å². The smallest absolute Gasteiger partial charge is 0.0153 e. The summed E-state index contributed by atoms with van der Waals surface area (Å²) in [6.07, 6.45) is 2.41. The normalized spacial score (nSPS) is 14.2. The molecule has 2 aromatic rings. The van der Waals surface area contributed by atoms with Crippen LogP contribution in [0.2, 0.25) is 0 Å². The molecule has 0 heterocycles. The third kappa shape index (κ3) is 3.20. The highest BCUT2D eigenvalue weighted by molar-refractivity contribution is 5.27. The molecule has 0 aromatic heterocycles. The standard InChI is InChI=1S/C17H19/c1-14(16-9-5-3-6-10-16)13-15(2)17-11-7-4-8-12-17/h3-15H,1-2H3. The van der Waals surface area contributed by atoms with E-state index in [0.29, 0.717) is 11.8 Å². The summed E-state index contributed by atoms with van der Waals surface area (Å²) in [6, 6.07) is 21.3. The molecule has 87 valence electrons. The van der Waals surface area contributed by atoms with Crippen LogP contribution in [0, 0.1) is 6.42 Å². The molecule has 0 aliphatic carbocycles. The lowest BCUT2D eigenvalue weighted by atomic mass is 9.87. The molecule has 0 saturated carbocycles. The molecule has 0 bridgehead atoms. The molecule has 0 N–H and O–H groups in total. The molecule has 0 nitrogen and oxygen atoms in total. The predicted molar refractivity (Wildman–Crippen MR) is 74.0 cm³/mol. The van der Waals surface area contributed by atoms with Crippen molar-refractivity contribution in [3.63, 3.8) is 0 Å². The van der Waals surface area contributed by atoms with Crippen LogP contribution in [0.25, 0.3) is 0 Å². The first kappa shape index (κ1) is 11.9. The van der Waals surface area contributed by atoms with E-state index in [1.165, 1.54) is 11.1 Å². The van der Waals surface area contributed by atoms with Gasteiger partial charge in [-0.25, -0.2) is 0 Å². The Kier molecular flexibility index (Phi) is 3.98. The monoisotopic (exact) mass is 223 g/mol. The van der Waals surface area contributed by atoms with E-state index in [1.54, 1.807) is 0 Å². The van der Waals surface area contributed by atoms with Gasteiger partial charge < -0.3 is 0 Å². The van der Waals surface area contributed by atoms with Crippen molar-refractivity contribution in [1.29, 1.82) is 0 Å². The van der Waals surface area contributed by atoms with E-state index in [4.69, 9.17) is 0 Å². The average molecular weight is 223 g/mol. The molecule has 0 heteroatoms. The van der Waals surface area contributed by atoms with E-state index in [-0.39, 0.29) is 0 Å². The maximum absolute atomic E-state index is 2.41. The highest BCUT2D eigenvalue weighted by atomic mass is 14.2. The Balaban J connectivity index is 2.02. The van der Waals surface area contributed by atoms with E-state index in [2.05, 4.69) is 80.9 Å². The molecular weight excluding hydrogens is 204 g/mol. The van der Waals surface area contributed by atoms with Crippen LogP contribution in [0.1, 0.15) is 36.8 Å². The van der Waals surface area contributed by atoms with Crippen LogP contribution >= 0.6 is 0 Å². The molecular formula is C17H19. The molecule has 0 amide bonds. The third-order valence-electron chi connectivity index (χ3n) is 3.23. The zero-order valence-corrected chi connectivity index (χ0v) is 10.5. The van der Waals surface area contributed by atoms with Gasteiger partial charge in [0, 0.05) is 0 Å². The second-order valence-corrected chi connectivity index (χ2v) is 4.59. The Morgan fingerprint density at radius 3 is 1.35 bits per heavy atom. The van der Waals surface area contributed by atoms with Crippen LogP contribution in [-0.2, 0) is 0 Å². The molecule has 0 saturated heterocycles. The van der Waals surface area contributed by atoms with Gasteiger partial charge in [0.15, 0.2) is 0 Å². The minimum atomic E-state index is 0.492. The molecule has 0 aliphatic heterocycles. The first-order valence-corrected chi connectivity index (χ1v) is 6.22. The maximum atomic E-state index is 2.41. The molecule has 2 rings (SSSR count). The first-order chi connectivity index (χ1) is 8.27. The summed E-state index contributed by atoms with van der Waals surface area (Å²) in [5, 5.41) is 0. The van der Waals surface area contributed by atoms with Crippen LogP contribution in [-0.4, -0.2) is 0 Å². The Labute approximate surface area is 104 Å². The molecule has 0 fully saturated rings. The number of hydrogen-bond acceptors (Lipinski definition) is 0. The third-order valence-corrected chi connectivity index (χ3v) is 3.23. The second-order valence-electron chi connectivity index (χ2n) is 4.59. The van der Waals surface area contributed by atoms with Gasteiger partial charge in [-0.1, -0.05) is 74.5 Å². The molecule has 0 spiro atoms. The van der Waals surface area contributed by atoms with Gasteiger partial charge in [-0.15, -0.1) is 0 Å². The lowest BCUT2D eigenvalue weighted by Crippen LogP contribution is -2.02. The van der Waals surface area contributed by atoms with Crippen molar-refractivity contribution in [1.82, 2.24) is 0 Å². The fourth-order valence-corrected chi connectivity index (χ4v) is 2.17. The fraction of sp³-hybridized carbons (Fsp3) is 0.235. The van der Waals surface area contributed by atoms with Gasteiger partial charge in [-0.2, -0.15) is 0 Å². The summed E-state index contributed by atoms with van der Waals surface area (Å²) in [5.74, 6) is 0.984. The summed E-state index contributed by atoms with van der Waals surface area (Å²) in [4.78, 5) is 0. The zero-order valence-electron chi connectivity index (χ0n) is 10.5. The van der Waals surface area contributed by atoms with Gasteiger partial charge in [-0.05, 0) is 29.4 Å². The van der Waals surface area contributed by atoms with E-state index < -0.39 is 0 Å². The van der Waals surface area contributed by atoms with Gasteiger partial charge in [-0.3, -0.25) is 0 Å². The molecule has 17 heavy (non-hydrogen) atoms. The lowest BCUT2D eigenvalue weighted by molar-refractivity contribution is 0.751. The maximum Gasteiger partial charge on any atom is -0.0153 e. The summed E-state index contributed by atoms with van der Waals surface area (Å²) in [7, 11) is 0. The van der Waals surface area contributed by atoms with Crippen LogP contribution in [0.15, 0.2) is 60.7 Å². The summed E-state index contributed by atoms with van der Waals surface area (Å²) >= 11 is 0. The van der Waals surface area contributed by atoms with Crippen LogP contribution in [0.3, 0.4) is 0 Å². The van der Waals surface area contributed by atoms with Gasteiger partial charge in [0.2, 0.25) is 0 Å². The van der Waals surface area contributed by atoms with Crippen molar-refractivity contribution in [2.24, 2.45) is 0 Å². The average Bonchev–Trinajstić information content (AvgIpc) is 2.40. The van der Waals surface area contributed by atoms with Crippen molar-refractivity contribution < 1.29 is 0 Å². The Hall–Kier alpha value is -1.56. The highest BCUT2D eigenvalue weighted by Crippen LogP contribution is 2.27. The van der Waals surface area contributed by atoms with E-state index in [0.717, 1.165) is 0 Å². The van der Waals surface area contributed by atoms with Crippen molar-refractivity contribution in [3.05, 3.63) is 78.2 Å². The SMILES string of the molecule is CC([CH]C(C)c1ccccc1)c1ccccc1. The summed E-state index contributed by atoms with van der Waals surface area (Å²) in [6.45, 7) is 4.52. The fourth-order valence-electron chi connectivity index (χ4n) is 2.17. The van der Waals surface area contributed by atoms with Crippen LogP contribution < -0.4 is 0 Å². The molecule has 0 aliphatic rings. The molecule has 2 aromatic carbocycles. The van der Waals surface area contributed by atoms with E-state index in [9.17, 15) is 0 Å². The van der Waals surface area contributed by atoms with Gasteiger partial charge >= 0.3 is 0 Å². The lowest BCUT2D eigenvalue weighted by Gasteiger charge is -2.17. The van der Waals surface area contributed by atoms with Crippen molar-refractivity contribution in [2.75, 3.05) is 0 Å². The number of hydrogen-bond donors (Lipinski definition) is 0. The largest absolute Gasteiger partial charge is 0.0622 e. The quantitative estimate of drug-likeness (QED) is 0.698. The Bertz CT molecular complexity index is 387. The van der Waals surface area contributed by atoms with Crippen molar-refractivity contribution >= 4 is 0 Å². The minimum Gasteiger partial charge on any atom is -0.0622 e.